The molecule has 0 bridgehead atoms. The molecule has 20 heavy (non-hydrogen) atoms. The predicted molar refractivity (Wildman–Crippen MR) is 73.5 cm³/mol. The summed E-state index contributed by atoms with van der Waals surface area (Å²) in [7, 11) is -0.284. The highest BCUT2D eigenvalue weighted by Gasteiger charge is 2.35. The molecule has 1 fully saturated rings. The van der Waals surface area contributed by atoms with Crippen LogP contribution in [0.15, 0.2) is 10.6 Å². The summed E-state index contributed by atoms with van der Waals surface area (Å²) in [4.78, 5) is 1.99. The maximum atomic E-state index is 11.9. The van der Waals surface area contributed by atoms with Crippen LogP contribution in [0.1, 0.15) is 11.5 Å². The van der Waals surface area contributed by atoms with Gasteiger partial charge in [-0.2, -0.15) is 0 Å². The number of aliphatic hydroxyl groups excluding tert-OH is 1. The molecular formula is C12H21N3O4S. The Morgan fingerprint density at radius 3 is 2.75 bits per heavy atom. The van der Waals surface area contributed by atoms with Gasteiger partial charge in [-0.05, 0) is 6.92 Å². The molecule has 1 aliphatic rings. The van der Waals surface area contributed by atoms with Gasteiger partial charge in [0.05, 0.1) is 24.1 Å². The number of sulfonamides is 1. The molecule has 0 saturated carbocycles. The van der Waals surface area contributed by atoms with Crippen LogP contribution in [-0.2, 0) is 16.6 Å². The standard InChI is InChI=1S/C12H21N3O4S/c1-9-4-11(19-13-9)6-15-5-10(12(16)7-15)8-20(17,18)14(2)3/h4,10,12,16H,5-8H2,1-3H3/t10-,12-/m0/s1. The number of β-amino-alcohol motifs (C(OH)–C–C–N with tert-alkyl or cyclic N) is 1. The number of rotatable bonds is 5. The summed E-state index contributed by atoms with van der Waals surface area (Å²) < 4.78 is 30.1. The molecule has 0 aromatic carbocycles. The van der Waals surface area contributed by atoms with Crippen molar-refractivity contribution in [1.82, 2.24) is 14.4 Å². The summed E-state index contributed by atoms with van der Waals surface area (Å²) in [5.41, 5.74) is 0.812. The van der Waals surface area contributed by atoms with Crippen LogP contribution >= 0.6 is 0 Å². The molecule has 2 atom stereocenters. The minimum Gasteiger partial charge on any atom is -0.391 e. The van der Waals surface area contributed by atoms with Gasteiger partial charge in [0.15, 0.2) is 5.76 Å². The number of aromatic nitrogens is 1. The van der Waals surface area contributed by atoms with E-state index in [0.29, 0.717) is 19.6 Å². The van der Waals surface area contributed by atoms with Crippen molar-refractivity contribution in [3.05, 3.63) is 17.5 Å². The van der Waals surface area contributed by atoms with Gasteiger partial charge >= 0.3 is 0 Å². The molecular weight excluding hydrogens is 282 g/mol. The highest BCUT2D eigenvalue weighted by atomic mass is 32.2. The minimum absolute atomic E-state index is 0.0346. The van der Waals surface area contributed by atoms with Crippen molar-refractivity contribution in [3.8, 4) is 0 Å². The second-order valence-corrected chi connectivity index (χ2v) is 7.74. The van der Waals surface area contributed by atoms with Gasteiger partial charge in [-0.3, -0.25) is 4.90 Å². The lowest BCUT2D eigenvalue weighted by Crippen LogP contribution is -2.33. The molecule has 0 radical (unpaired) electrons. The van der Waals surface area contributed by atoms with Crippen LogP contribution in [0.3, 0.4) is 0 Å². The smallest absolute Gasteiger partial charge is 0.214 e. The van der Waals surface area contributed by atoms with Gasteiger partial charge in [0.2, 0.25) is 10.0 Å². The predicted octanol–water partition coefficient (Wildman–Crippen LogP) is -0.333. The van der Waals surface area contributed by atoms with E-state index in [2.05, 4.69) is 5.16 Å². The fourth-order valence-electron chi connectivity index (χ4n) is 2.37. The second-order valence-electron chi connectivity index (χ2n) is 5.52. The van der Waals surface area contributed by atoms with Crippen molar-refractivity contribution in [2.24, 2.45) is 5.92 Å². The Labute approximate surface area is 119 Å². The first kappa shape index (κ1) is 15.4. The largest absolute Gasteiger partial charge is 0.391 e. The van der Waals surface area contributed by atoms with E-state index < -0.39 is 16.1 Å². The first-order chi connectivity index (χ1) is 9.28. The Morgan fingerprint density at radius 1 is 1.50 bits per heavy atom. The molecule has 7 nitrogen and oxygen atoms in total. The van der Waals surface area contributed by atoms with Gasteiger partial charge in [0, 0.05) is 39.2 Å². The average molecular weight is 303 g/mol. The Hall–Kier alpha value is -0.960. The van der Waals surface area contributed by atoms with Crippen molar-refractivity contribution in [3.63, 3.8) is 0 Å². The van der Waals surface area contributed by atoms with Crippen molar-refractivity contribution >= 4 is 10.0 Å². The molecule has 0 aliphatic carbocycles. The maximum Gasteiger partial charge on any atom is 0.214 e. The zero-order chi connectivity index (χ0) is 14.9. The van der Waals surface area contributed by atoms with Crippen LogP contribution < -0.4 is 0 Å². The third kappa shape index (κ3) is 3.57. The van der Waals surface area contributed by atoms with E-state index in [9.17, 15) is 13.5 Å². The summed E-state index contributed by atoms with van der Waals surface area (Å²) >= 11 is 0. The Bertz CT molecular complexity index is 555. The van der Waals surface area contributed by atoms with E-state index >= 15 is 0 Å². The monoisotopic (exact) mass is 303 g/mol. The number of likely N-dealkylation sites (tertiary alicyclic amines) is 1. The number of nitrogens with zero attached hydrogens (tertiary/aromatic N) is 3. The molecule has 114 valence electrons. The molecule has 1 N–H and O–H groups in total. The Balaban J connectivity index is 1.95. The van der Waals surface area contributed by atoms with Crippen LogP contribution in [-0.4, -0.2) is 66.9 Å². The van der Waals surface area contributed by atoms with Gasteiger partial charge in [0.1, 0.15) is 0 Å². The van der Waals surface area contributed by atoms with Gasteiger partial charge < -0.3 is 9.63 Å². The van der Waals surface area contributed by atoms with Gasteiger partial charge in [-0.25, -0.2) is 12.7 Å². The summed E-state index contributed by atoms with van der Waals surface area (Å²) in [5.74, 6) is 0.421. The zero-order valence-electron chi connectivity index (χ0n) is 12.0. The molecule has 1 saturated heterocycles. The number of hydrogen-bond acceptors (Lipinski definition) is 6. The lowest BCUT2D eigenvalue weighted by molar-refractivity contribution is 0.146. The third-order valence-electron chi connectivity index (χ3n) is 3.52. The topological polar surface area (TPSA) is 86.9 Å². The summed E-state index contributed by atoms with van der Waals surface area (Å²) in [6.45, 7) is 3.37. The first-order valence-electron chi connectivity index (χ1n) is 6.51. The SMILES string of the molecule is Cc1cc(CN2C[C@@H](CS(=O)(=O)N(C)C)[C@@H](O)C2)on1. The molecule has 1 aliphatic heterocycles. The molecule has 2 rings (SSSR count). The fraction of sp³-hybridized carbons (Fsp3) is 0.750. The van der Waals surface area contributed by atoms with E-state index in [0.717, 1.165) is 11.5 Å². The van der Waals surface area contributed by atoms with E-state index in [1.54, 1.807) is 0 Å². The normalized spacial score (nSPS) is 24.6. The number of aliphatic hydroxyl groups is 1. The molecule has 1 aromatic rings. The van der Waals surface area contributed by atoms with Crippen molar-refractivity contribution in [1.29, 1.82) is 0 Å². The lowest BCUT2D eigenvalue weighted by Gasteiger charge is -2.17. The maximum absolute atomic E-state index is 11.9. The van der Waals surface area contributed by atoms with E-state index in [1.807, 2.05) is 17.9 Å². The van der Waals surface area contributed by atoms with Gasteiger partial charge in [-0.1, -0.05) is 5.16 Å². The zero-order valence-corrected chi connectivity index (χ0v) is 12.8. The minimum atomic E-state index is -3.30. The molecule has 0 amide bonds. The molecule has 0 unspecified atom stereocenters. The summed E-state index contributed by atoms with van der Waals surface area (Å²) in [5, 5.41) is 13.8. The van der Waals surface area contributed by atoms with Crippen LogP contribution in [0.4, 0.5) is 0 Å². The first-order valence-corrected chi connectivity index (χ1v) is 8.11. The van der Waals surface area contributed by atoms with E-state index in [4.69, 9.17) is 4.52 Å². The number of hydrogen-bond donors (Lipinski definition) is 1. The molecule has 0 spiro atoms. The van der Waals surface area contributed by atoms with Crippen molar-refractivity contribution < 1.29 is 18.0 Å². The summed E-state index contributed by atoms with van der Waals surface area (Å²) in [6, 6.07) is 1.84. The molecule has 2 heterocycles. The van der Waals surface area contributed by atoms with E-state index in [1.165, 1.54) is 18.4 Å². The molecule has 8 heteroatoms. The van der Waals surface area contributed by atoms with Gasteiger partial charge in [0.25, 0.3) is 0 Å². The molecule has 1 aromatic heterocycles. The fourth-order valence-corrected chi connectivity index (χ4v) is 3.53. The van der Waals surface area contributed by atoms with Crippen molar-refractivity contribution in [2.75, 3.05) is 32.9 Å². The highest BCUT2D eigenvalue weighted by molar-refractivity contribution is 7.89. The Kier molecular flexibility index (Phi) is 4.48. The van der Waals surface area contributed by atoms with Crippen LogP contribution in [0.2, 0.25) is 0 Å². The van der Waals surface area contributed by atoms with Gasteiger partial charge in [-0.15, -0.1) is 0 Å². The van der Waals surface area contributed by atoms with E-state index in [-0.39, 0.29) is 11.7 Å². The average Bonchev–Trinajstić information content (AvgIpc) is 2.86. The van der Waals surface area contributed by atoms with Crippen LogP contribution in [0.5, 0.6) is 0 Å². The number of aryl methyl sites for hydroxylation is 1. The van der Waals surface area contributed by atoms with Crippen LogP contribution in [0.25, 0.3) is 0 Å². The third-order valence-corrected chi connectivity index (χ3v) is 5.48. The second kappa shape index (κ2) is 5.80. The summed E-state index contributed by atoms with van der Waals surface area (Å²) in [6.07, 6.45) is -0.631. The Morgan fingerprint density at radius 2 is 2.20 bits per heavy atom. The van der Waals surface area contributed by atoms with Crippen molar-refractivity contribution in [2.45, 2.75) is 19.6 Å². The van der Waals surface area contributed by atoms with Crippen LogP contribution in [0, 0.1) is 12.8 Å². The lowest BCUT2D eigenvalue weighted by atomic mass is 10.1. The highest BCUT2D eigenvalue weighted by Crippen LogP contribution is 2.21. The quantitative estimate of drug-likeness (QED) is 0.801.